The largest absolute Gasteiger partial charge is 0.494 e. The van der Waals surface area contributed by atoms with Gasteiger partial charge in [0.1, 0.15) is 5.75 Å². The van der Waals surface area contributed by atoms with Crippen molar-refractivity contribution in [2.24, 2.45) is 0 Å². The van der Waals surface area contributed by atoms with Gasteiger partial charge in [0.05, 0.1) is 11.5 Å². The maximum atomic E-state index is 12.5. The summed E-state index contributed by atoms with van der Waals surface area (Å²) in [5.41, 5.74) is 0.952. The zero-order valence-electron chi connectivity index (χ0n) is 14.8. The van der Waals surface area contributed by atoms with Crippen molar-refractivity contribution in [3.8, 4) is 5.75 Å². The summed E-state index contributed by atoms with van der Waals surface area (Å²) >= 11 is 0. The predicted octanol–water partition coefficient (Wildman–Crippen LogP) is 3.12. The van der Waals surface area contributed by atoms with Crippen molar-refractivity contribution >= 4 is 21.6 Å². The fourth-order valence-corrected chi connectivity index (χ4v) is 3.67. The van der Waals surface area contributed by atoms with Crippen LogP contribution in [0.3, 0.4) is 0 Å². The van der Waals surface area contributed by atoms with Crippen LogP contribution in [-0.2, 0) is 10.0 Å². The van der Waals surface area contributed by atoms with Crippen molar-refractivity contribution in [2.75, 3.05) is 18.4 Å². The highest BCUT2D eigenvalue weighted by Crippen LogP contribution is 2.27. The van der Waals surface area contributed by atoms with E-state index in [2.05, 4.69) is 4.72 Å². The molecular formula is C19H22N2O4S. The quantitative estimate of drug-likeness (QED) is 0.808. The maximum Gasteiger partial charge on any atom is 0.261 e. The molecule has 0 spiro atoms. The van der Waals surface area contributed by atoms with Gasteiger partial charge in [-0.1, -0.05) is 0 Å². The van der Waals surface area contributed by atoms with Gasteiger partial charge in [-0.3, -0.25) is 9.52 Å². The first-order chi connectivity index (χ1) is 12.4. The average Bonchev–Trinajstić information content (AvgIpc) is 3.47. The highest BCUT2D eigenvalue weighted by atomic mass is 32.2. The Balaban J connectivity index is 1.70. The lowest BCUT2D eigenvalue weighted by atomic mass is 10.2. The number of hydrogen-bond donors (Lipinski definition) is 1. The number of anilines is 1. The molecule has 1 fully saturated rings. The van der Waals surface area contributed by atoms with Gasteiger partial charge in [-0.25, -0.2) is 8.42 Å². The molecule has 0 aliphatic heterocycles. The van der Waals surface area contributed by atoms with Crippen LogP contribution < -0.4 is 9.46 Å². The number of benzene rings is 2. The lowest BCUT2D eigenvalue weighted by molar-refractivity contribution is 0.0785. The van der Waals surface area contributed by atoms with E-state index in [1.165, 1.54) is 12.1 Å². The van der Waals surface area contributed by atoms with E-state index in [0.29, 0.717) is 29.6 Å². The van der Waals surface area contributed by atoms with Gasteiger partial charge in [-0.2, -0.15) is 0 Å². The first-order valence-electron chi connectivity index (χ1n) is 8.53. The third kappa shape index (κ3) is 4.16. The van der Waals surface area contributed by atoms with Gasteiger partial charge < -0.3 is 9.64 Å². The zero-order valence-corrected chi connectivity index (χ0v) is 15.6. The fourth-order valence-electron chi connectivity index (χ4n) is 2.61. The monoisotopic (exact) mass is 374 g/mol. The SMILES string of the molecule is CCOc1ccc(S(=O)(=O)Nc2ccc(C(=O)N(C)C3CC3)cc2)cc1. The van der Waals surface area contributed by atoms with E-state index in [1.54, 1.807) is 48.3 Å². The molecule has 2 aromatic rings. The lowest BCUT2D eigenvalue weighted by Gasteiger charge is -2.16. The molecule has 2 aromatic carbocycles. The van der Waals surface area contributed by atoms with E-state index in [0.717, 1.165) is 12.8 Å². The standard InChI is InChI=1S/C19H22N2O4S/c1-3-25-17-10-12-18(13-11-17)26(23,24)20-15-6-4-14(5-7-15)19(22)21(2)16-8-9-16/h4-7,10-13,16,20H,3,8-9H2,1-2H3. The van der Waals surface area contributed by atoms with Gasteiger partial charge in [0.25, 0.3) is 15.9 Å². The summed E-state index contributed by atoms with van der Waals surface area (Å²) in [6.45, 7) is 2.38. The first-order valence-corrected chi connectivity index (χ1v) is 10.0. The summed E-state index contributed by atoms with van der Waals surface area (Å²) in [4.78, 5) is 14.2. The summed E-state index contributed by atoms with van der Waals surface area (Å²) in [6, 6.07) is 13.0. The number of ether oxygens (including phenoxy) is 1. The molecule has 6 nitrogen and oxygen atoms in total. The topological polar surface area (TPSA) is 75.7 Å². The molecule has 1 amide bonds. The van der Waals surface area contributed by atoms with Crippen LogP contribution in [-0.4, -0.2) is 38.9 Å². The average molecular weight is 374 g/mol. The minimum Gasteiger partial charge on any atom is -0.494 e. The Hall–Kier alpha value is -2.54. The van der Waals surface area contributed by atoms with Crippen molar-refractivity contribution in [2.45, 2.75) is 30.7 Å². The van der Waals surface area contributed by atoms with E-state index in [4.69, 9.17) is 4.74 Å². The molecule has 0 unspecified atom stereocenters. The predicted molar refractivity (Wildman–Crippen MR) is 100.0 cm³/mol. The van der Waals surface area contributed by atoms with Crippen LogP contribution in [0.5, 0.6) is 5.75 Å². The Kier molecular flexibility index (Phi) is 5.18. The van der Waals surface area contributed by atoms with Crippen molar-refractivity contribution in [3.63, 3.8) is 0 Å². The number of nitrogens with one attached hydrogen (secondary N) is 1. The maximum absolute atomic E-state index is 12.5. The molecule has 0 aromatic heterocycles. The molecule has 0 heterocycles. The van der Waals surface area contributed by atoms with Crippen molar-refractivity contribution in [1.82, 2.24) is 4.90 Å². The van der Waals surface area contributed by atoms with Crippen LogP contribution in [0.1, 0.15) is 30.1 Å². The van der Waals surface area contributed by atoms with Crippen molar-refractivity contribution in [1.29, 1.82) is 0 Å². The first kappa shape index (κ1) is 18.3. The summed E-state index contributed by atoms with van der Waals surface area (Å²) < 4.78 is 32.8. The minimum absolute atomic E-state index is 0.0478. The Labute approximate surface area is 153 Å². The smallest absolute Gasteiger partial charge is 0.261 e. The Morgan fingerprint density at radius 3 is 2.27 bits per heavy atom. The second kappa shape index (κ2) is 7.37. The van der Waals surface area contributed by atoms with Crippen molar-refractivity contribution < 1.29 is 17.9 Å². The molecule has 1 N–H and O–H groups in total. The summed E-state index contributed by atoms with van der Waals surface area (Å²) in [6.07, 6.45) is 2.09. The normalized spacial score (nSPS) is 13.9. The van der Waals surface area contributed by atoms with Crippen LogP contribution in [0.25, 0.3) is 0 Å². The Morgan fingerprint density at radius 1 is 1.12 bits per heavy atom. The van der Waals surface area contributed by atoms with E-state index in [-0.39, 0.29) is 10.8 Å². The molecule has 0 saturated heterocycles. The third-order valence-electron chi connectivity index (χ3n) is 4.24. The molecule has 1 saturated carbocycles. The molecule has 1 aliphatic carbocycles. The molecular weight excluding hydrogens is 352 g/mol. The van der Waals surface area contributed by atoms with Gasteiger partial charge in [-0.15, -0.1) is 0 Å². The molecule has 26 heavy (non-hydrogen) atoms. The highest BCUT2D eigenvalue weighted by Gasteiger charge is 2.30. The molecule has 138 valence electrons. The van der Waals surface area contributed by atoms with Crippen LogP contribution >= 0.6 is 0 Å². The van der Waals surface area contributed by atoms with Gasteiger partial charge in [0, 0.05) is 24.3 Å². The number of sulfonamides is 1. The Morgan fingerprint density at radius 2 is 1.73 bits per heavy atom. The van der Waals surface area contributed by atoms with Crippen molar-refractivity contribution in [3.05, 3.63) is 54.1 Å². The molecule has 1 aliphatic rings. The lowest BCUT2D eigenvalue weighted by Crippen LogP contribution is -2.28. The molecule has 0 atom stereocenters. The second-order valence-corrected chi connectivity index (χ2v) is 7.92. The van der Waals surface area contributed by atoms with Crippen LogP contribution in [0.4, 0.5) is 5.69 Å². The third-order valence-corrected chi connectivity index (χ3v) is 5.64. The van der Waals surface area contributed by atoms with E-state index >= 15 is 0 Å². The number of carbonyl (C=O) groups is 1. The molecule has 3 rings (SSSR count). The fraction of sp³-hybridized carbons (Fsp3) is 0.316. The summed E-state index contributed by atoms with van der Waals surface area (Å²) in [7, 11) is -1.90. The minimum atomic E-state index is -3.70. The van der Waals surface area contributed by atoms with E-state index in [1.807, 2.05) is 6.92 Å². The highest BCUT2D eigenvalue weighted by molar-refractivity contribution is 7.92. The van der Waals surface area contributed by atoms with Crippen LogP contribution in [0.15, 0.2) is 53.4 Å². The summed E-state index contributed by atoms with van der Waals surface area (Å²) in [5, 5.41) is 0. The number of hydrogen-bond acceptors (Lipinski definition) is 4. The Bertz CT molecular complexity index is 873. The van der Waals surface area contributed by atoms with E-state index < -0.39 is 10.0 Å². The number of amides is 1. The van der Waals surface area contributed by atoms with Crippen LogP contribution in [0, 0.1) is 0 Å². The molecule has 7 heteroatoms. The van der Waals surface area contributed by atoms with Gasteiger partial charge >= 0.3 is 0 Å². The molecule has 0 radical (unpaired) electrons. The molecule has 0 bridgehead atoms. The zero-order chi connectivity index (χ0) is 18.7. The number of nitrogens with zero attached hydrogens (tertiary/aromatic N) is 1. The number of rotatable bonds is 7. The number of carbonyl (C=O) groups excluding carboxylic acids is 1. The second-order valence-electron chi connectivity index (χ2n) is 6.23. The summed E-state index contributed by atoms with van der Waals surface area (Å²) in [5.74, 6) is 0.572. The van der Waals surface area contributed by atoms with Crippen LogP contribution in [0.2, 0.25) is 0 Å². The van der Waals surface area contributed by atoms with Gasteiger partial charge in [-0.05, 0) is 68.3 Å². The van der Waals surface area contributed by atoms with Gasteiger partial charge in [0.15, 0.2) is 0 Å². The van der Waals surface area contributed by atoms with Gasteiger partial charge in [0.2, 0.25) is 0 Å². The van der Waals surface area contributed by atoms with E-state index in [9.17, 15) is 13.2 Å².